The Morgan fingerprint density at radius 2 is 2.22 bits per heavy atom. The first kappa shape index (κ1) is 16.5. The molecule has 2 fully saturated rings. The average molecular weight is 320 g/mol. The predicted octanol–water partition coefficient (Wildman–Crippen LogP) is 1.57. The van der Waals surface area contributed by atoms with E-state index in [1.807, 2.05) is 12.5 Å². The largest absolute Gasteiger partial charge is 0.480 e. The minimum absolute atomic E-state index is 0.178. The van der Waals surface area contributed by atoms with Crippen molar-refractivity contribution in [3.63, 3.8) is 0 Å². The highest BCUT2D eigenvalue weighted by Gasteiger charge is 2.47. The summed E-state index contributed by atoms with van der Waals surface area (Å²) in [6.07, 6.45) is 6.69. The summed E-state index contributed by atoms with van der Waals surface area (Å²) in [5.74, 6) is -0.136. The first-order chi connectivity index (χ1) is 11.0. The Morgan fingerprint density at radius 3 is 2.87 bits per heavy atom. The van der Waals surface area contributed by atoms with Crippen molar-refractivity contribution < 1.29 is 9.90 Å². The van der Waals surface area contributed by atoms with Gasteiger partial charge < -0.3 is 15.0 Å². The smallest absolute Gasteiger partial charge is 0.320 e. The van der Waals surface area contributed by atoms with Crippen molar-refractivity contribution >= 4 is 5.97 Å². The van der Waals surface area contributed by atoms with Crippen molar-refractivity contribution in [3.05, 3.63) is 18.2 Å². The summed E-state index contributed by atoms with van der Waals surface area (Å²) >= 11 is 0. The fraction of sp³-hybridized carbons (Fsp3) is 0.765. The molecule has 2 saturated heterocycles. The third-order valence-corrected chi connectivity index (χ3v) is 5.28. The van der Waals surface area contributed by atoms with E-state index in [2.05, 4.69) is 33.6 Å². The maximum Gasteiger partial charge on any atom is 0.320 e. The Hall–Kier alpha value is -1.40. The zero-order chi connectivity index (χ0) is 16.4. The number of carboxylic acid groups (broad SMARTS) is 1. The molecule has 1 aromatic rings. The molecule has 6 heteroatoms. The number of hydrogen-bond donors (Lipinski definition) is 2. The van der Waals surface area contributed by atoms with Crippen LogP contribution in [0.15, 0.2) is 12.5 Å². The number of aliphatic carboxylic acids is 1. The second kappa shape index (κ2) is 6.61. The zero-order valence-corrected chi connectivity index (χ0v) is 14.2. The van der Waals surface area contributed by atoms with E-state index in [4.69, 9.17) is 0 Å². The second-order valence-corrected chi connectivity index (χ2v) is 7.64. The van der Waals surface area contributed by atoms with Gasteiger partial charge in [0.2, 0.25) is 0 Å². The van der Waals surface area contributed by atoms with E-state index in [1.54, 1.807) is 0 Å². The highest BCUT2D eigenvalue weighted by Crippen LogP contribution is 2.42. The van der Waals surface area contributed by atoms with Crippen LogP contribution in [0.1, 0.15) is 38.8 Å². The van der Waals surface area contributed by atoms with Crippen LogP contribution < -0.4 is 5.32 Å². The van der Waals surface area contributed by atoms with Crippen LogP contribution in [0.5, 0.6) is 0 Å². The van der Waals surface area contributed by atoms with Gasteiger partial charge in [0.1, 0.15) is 6.04 Å². The highest BCUT2D eigenvalue weighted by atomic mass is 16.4. The molecule has 1 spiro atoms. The van der Waals surface area contributed by atoms with E-state index < -0.39 is 5.97 Å². The molecule has 2 N–H and O–H groups in total. The number of imidazole rings is 1. The van der Waals surface area contributed by atoms with Crippen molar-refractivity contribution in [1.29, 1.82) is 0 Å². The van der Waals surface area contributed by atoms with Gasteiger partial charge in [-0.15, -0.1) is 0 Å². The molecule has 2 aliphatic heterocycles. The molecule has 1 atom stereocenters. The van der Waals surface area contributed by atoms with Gasteiger partial charge in [-0.2, -0.15) is 0 Å². The lowest BCUT2D eigenvalue weighted by Gasteiger charge is -2.33. The number of carbonyl (C=O) groups is 1. The number of piperidine rings is 1. The maximum absolute atomic E-state index is 11.7. The molecule has 23 heavy (non-hydrogen) atoms. The van der Waals surface area contributed by atoms with Gasteiger partial charge in [0.15, 0.2) is 0 Å². The number of nitrogens with one attached hydrogen (secondary N) is 1. The highest BCUT2D eigenvalue weighted by molar-refractivity contribution is 5.74. The molecule has 128 valence electrons. The molecule has 1 aromatic heterocycles. The van der Waals surface area contributed by atoms with Crippen molar-refractivity contribution in [1.82, 2.24) is 19.8 Å². The molecule has 0 aliphatic carbocycles. The number of rotatable bonds is 5. The molecule has 2 aliphatic rings. The SMILES string of the molecule is CC(C)Cn1cncc1CN1CC2(CCNCC2)C[C@@H]1C(=O)O. The zero-order valence-electron chi connectivity index (χ0n) is 14.2. The van der Waals surface area contributed by atoms with Crippen LogP contribution in [-0.2, 0) is 17.9 Å². The van der Waals surface area contributed by atoms with Crippen LogP contribution in [0, 0.1) is 11.3 Å². The topological polar surface area (TPSA) is 70.4 Å². The van der Waals surface area contributed by atoms with E-state index in [0.717, 1.165) is 51.1 Å². The lowest BCUT2D eigenvalue weighted by atomic mass is 9.77. The van der Waals surface area contributed by atoms with Crippen molar-refractivity contribution in [2.24, 2.45) is 11.3 Å². The third kappa shape index (κ3) is 3.58. The number of likely N-dealkylation sites (tertiary alicyclic amines) is 1. The van der Waals surface area contributed by atoms with Gasteiger partial charge in [0.25, 0.3) is 0 Å². The Balaban J connectivity index is 1.75. The van der Waals surface area contributed by atoms with Gasteiger partial charge in [-0.05, 0) is 43.7 Å². The summed E-state index contributed by atoms with van der Waals surface area (Å²) in [5.41, 5.74) is 1.30. The normalized spacial score (nSPS) is 24.6. The first-order valence-electron chi connectivity index (χ1n) is 8.66. The molecular weight excluding hydrogens is 292 g/mol. The summed E-state index contributed by atoms with van der Waals surface area (Å²) in [5, 5.41) is 13.1. The van der Waals surface area contributed by atoms with Crippen LogP contribution >= 0.6 is 0 Å². The molecule has 0 aromatic carbocycles. The van der Waals surface area contributed by atoms with Gasteiger partial charge in [-0.3, -0.25) is 9.69 Å². The molecule has 0 saturated carbocycles. The first-order valence-corrected chi connectivity index (χ1v) is 8.66. The third-order valence-electron chi connectivity index (χ3n) is 5.28. The lowest BCUT2D eigenvalue weighted by Crippen LogP contribution is -2.39. The Kier molecular flexibility index (Phi) is 4.73. The van der Waals surface area contributed by atoms with Gasteiger partial charge in [-0.1, -0.05) is 13.8 Å². The number of aromatic nitrogens is 2. The minimum Gasteiger partial charge on any atom is -0.480 e. The maximum atomic E-state index is 11.7. The van der Waals surface area contributed by atoms with Gasteiger partial charge in [0, 0.05) is 25.8 Å². The van der Waals surface area contributed by atoms with Crippen molar-refractivity contribution in [2.45, 2.75) is 52.2 Å². The van der Waals surface area contributed by atoms with E-state index in [9.17, 15) is 9.90 Å². The predicted molar refractivity (Wildman–Crippen MR) is 88.1 cm³/mol. The molecule has 3 rings (SSSR count). The van der Waals surface area contributed by atoms with E-state index in [1.165, 1.54) is 0 Å². The van der Waals surface area contributed by atoms with E-state index >= 15 is 0 Å². The molecule has 0 amide bonds. The standard InChI is InChI=1S/C17H28N4O2/c1-13(2)9-21-12-19-8-14(21)10-20-11-17(3-5-18-6-4-17)7-15(20)16(22)23/h8,12-13,15,18H,3-7,9-11H2,1-2H3,(H,22,23)/t15-/m1/s1. The summed E-state index contributed by atoms with van der Waals surface area (Å²) in [6, 6.07) is -0.365. The van der Waals surface area contributed by atoms with Crippen LogP contribution in [-0.4, -0.2) is 51.2 Å². The van der Waals surface area contributed by atoms with Crippen LogP contribution in [0.25, 0.3) is 0 Å². The summed E-state index contributed by atoms with van der Waals surface area (Å²) in [7, 11) is 0. The molecule has 0 radical (unpaired) electrons. The van der Waals surface area contributed by atoms with Gasteiger partial charge in [0.05, 0.1) is 12.0 Å². The molecular formula is C17H28N4O2. The monoisotopic (exact) mass is 320 g/mol. The number of hydrogen-bond acceptors (Lipinski definition) is 4. The molecule has 0 unspecified atom stereocenters. The van der Waals surface area contributed by atoms with Gasteiger partial charge >= 0.3 is 5.97 Å². The van der Waals surface area contributed by atoms with E-state index in [0.29, 0.717) is 12.5 Å². The average Bonchev–Trinajstić information content (AvgIpc) is 3.05. The van der Waals surface area contributed by atoms with Gasteiger partial charge in [-0.25, -0.2) is 4.98 Å². The number of carboxylic acids is 1. The van der Waals surface area contributed by atoms with Crippen LogP contribution in [0.4, 0.5) is 0 Å². The minimum atomic E-state index is -0.685. The van der Waals surface area contributed by atoms with Crippen LogP contribution in [0.3, 0.4) is 0 Å². The molecule has 6 nitrogen and oxygen atoms in total. The number of nitrogens with zero attached hydrogens (tertiary/aromatic N) is 3. The quantitative estimate of drug-likeness (QED) is 0.862. The van der Waals surface area contributed by atoms with Crippen LogP contribution in [0.2, 0.25) is 0 Å². The summed E-state index contributed by atoms with van der Waals surface area (Å²) in [6.45, 7) is 8.87. The second-order valence-electron chi connectivity index (χ2n) is 7.64. The Labute approximate surface area is 137 Å². The van der Waals surface area contributed by atoms with Crippen molar-refractivity contribution in [3.8, 4) is 0 Å². The Morgan fingerprint density at radius 1 is 1.48 bits per heavy atom. The Bertz CT molecular complexity index is 549. The molecule has 0 bridgehead atoms. The fourth-order valence-electron chi connectivity index (χ4n) is 4.12. The van der Waals surface area contributed by atoms with Crippen molar-refractivity contribution in [2.75, 3.05) is 19.6 Å². The molecule has 3 heterocycles. The summed E-state index contributed by atoms with van der Waals surface area (Å²) in [4.78, 5) is 18.2. The van der Waals surface area contributed by atoms with E-state index in [-0.39, 0.29) is 11.5 Å². The summed E-state index contributed by atoms with van der Waals surface area (Å²) < 4.78 is 2.16. The lowest BCUT2D eigenvalue weighted by molar-refractivity contribution is -0.142. The fourth-order valence-corrected chi connectivity index (χ4v) is 4.12.